The molecule has 2 heterocycles. The van der Waals surface area contributed by atoms with E-state index in [1.165, 1.54) is 23.5 Å². The van der Waals surface area contributed by atoms with E-state index < -0.39 is 5.97 Å². The van der Waals surface area contributed by atoms with Gasteiger partial charge in [-0.15, -0.1) is 11.3 Å². The van der Waals surface area contributed by atoms with Crippen molar-refractivity contribution >= 4 is 33.2 Å². The van der Waals surface area contributed by atoms with Gasteiger partial charge in [-0.25, -0.2) is 14.2 Å². The molecule has 0 aliphatic heterocycles. The van der Waals surface area contributed by atoms with Gasteiger partial charge in [0.25, 0.3) is 0 Å². The van der Waals surface area contributed by atoms with Crippen LogP contribution in [0, 0.1) is 5.82 Å². The topological polar surface area (TPSA) is 63.3 Å². The zero-order chi connectivity index (χ0) is 15.0. The number of hydrogen-bond donors (Lipinski definition) is 1. The maximum atomic E-state index is 13.9. The van der Waals surface area contributed by atoms with Gasteiger partial charge in [0.15, 0.2) is 5.76 Å². The van der Waals surface area contributed by atoms with E-state index in [0.29, 0.717) is 26.5 Å². The summed E-state index contributed by atoms with van der Waals surface area (Å²) in [7, 11) is 0. The molecule has 0 amide bonds. The summed E-state index contributed by atoms with van der Waals surface area (Å²) in [5, 5.41) is 11.0. The Morgan fingerprint density at radius 2 is 2.24 bits per heavy atom. The van der Waals surface area contributed by atoms with Crippen molar-refractivity contribution in [2.24, 2.45) is 0 Å². The Morgan fingerprint density at radius 3 is 2.90 bits per heavy atom. The first-order valence-corrected chi connectivity index (χ1v) is 7.45. The van der Waals surface area contributed by atoms with Crippen LogP contribution >= 0.6 is 27.3 Å². The number of aromatic nitrogens is 1. The Morgan fingerprint density at radius 1 is 1.43 bits per heavy atom. The Hall–Kier alpha value is -1.99. The largest absolute Gasteiger partial charge is 0.478 e. The second-order valence-corrected chi connectivity index (χ2v) is 5.85. The number of aromatic carboxylic acids is 1. The van der Waals surface area contributed by atoms with E-state index in [1.807, 2.05) is 0 Å². The summed E-state index contributed by atoms with van der Waals surface area (Å²) >= 11 is 4.55. The van der Waals surface area contributed by atoms with Crippen molar-refractivity contribution in [1.29, 1.82) is 0 Å². The molecule has 3 rings (SSSR count). The number of furan rings is 1. The standard InChI is InChI=1S/C14H7BrFNO3S/c15-8-2-1-3-9(16)12(8)13-17-10(6-21-13)11-4-7(5-20-11)14(18)19/h1-6H,(H,18,19). The van der Waals surface area contributed by atoms with E-state index in [0.717, 1.165) is 6.26 Å². The average Bonchev–Trinajstić information content (AvgIpc) is 3.07. The number of halogens is 2. The first kappa shape index (κ1) is 14.0. The number of carboxylic acid groups (broad SMARTS) is 1. The summed E-state index contributed by atoms with van der Waals surface area (Å²) in [6, 6.07) is 6.08. The van der Waals surface area contributed by atoms with Crippen LogP contribution in [0.2, 0.25) is 0 Å². The average molecular weight is 368 g/mol. The third kappa shape index (κ3) is 2.62. The predicted octanol–water partition coefficient (Wildman–Crippen LogP) is 4.67. The molecular formula is C14H7BrFNO3S. The van der Waals surface area contributed by atoms with Gasteiger partial charge in [-0.1, -0.05) is 6.07 Å². The van der Waals surface area contributed by atoms with Gasteiger partial charge in [0, 0.05) is 15.9 Å². The fraction of sp³-hybridized carbons (Fsp3) is 0. The Labute approximate surface area is 131 Å². The quantitative estimate of drug-likeness (QED) is 0.730. The molecule has 2 aromatic heterocycles. The normalized spacial score (nSPS) is 10.8. The van der Waals surface area contributed by atoms with E-state index >= 15 is 0 Å². The first-order valence-electron chi connectivity index (χ1n) is 5.78. The summed E-state index contributed by atoms with van der Waals surface area (Å²) < 4.78 is 19.7. The van der Waals surface area contributed by atoms with Gasteiger partial charge in [-0.3, -0.25) is 0 Å². The second kappa shape index (κ2) is 5.42. The van der Waals surface area contributed by atoms with Crippen molar-refractivity contribution in [2.75, 3.05) is 0 Å². The highest BCUT2D eigenvalue weighted by Crippen LogP contribution is 2.35. The lowest BCUT2D eigenvalue weighted by Crippen LogP contribution is -1.91. The highest BCUT2D eigenvalue weighted by molar-refractivity contribution is 9.10. The molecule has 0 radical (unpaired) electrons. The first-order chi connectivity index (χ1) is 10.1. The van der Waals surface area contributed by atoms with E-state index in [-0.39, 0.29) is 11.4 Å². The minimum absolute atomic E-state index is 0.0478. The number of carbonyl (C=O) groups is 1. The van der Waals surface area contributed by atoms with Crippen LogP contribution in [0.4, 0.5) is 4.39 Å². The minimum Gasteiger partial charge on any atom is -0.478 e. The number of nitrogens with zero attached hydrogens (tertiary/aromatic N) is 1. The van der Waals surface area contributed by atoms with Gasteiger partial charge in [-0.2, -0.15) is 0 Å². The number of benzene rings is 1. The molecule has 7 heteroatoms. The van der Waals surface area contributed by atoms with Crippen molar-refractivity contribution in [3.8, 4) is 22.0 Å². The van der Waals surface area contributed by atoms with Gasteiger partial charge in [0.1, 0.15) is 22.8 Å². The van der Waals surface area contributed by atoms with E-state index in [1.54, 1.807) is 17.5 Å². The summed E-state index contributed by atoms with van der Waals surface area (Å²) in [5.74, 6) is -1.12. The van der Waals surface area contributed by atoms with Crippen LogP contribution in [0.1, 0.15) is 10.4 Å². The second-order valence-electron chi connectivity index (χ2n) is 4.14. The Kier molecular flexibility index (Phi) is 3.60. The molecule has 3 aromatic rings. The summed E-state index contributed by atoms with van der Waals surface area (Å²) in [4.78, 5) is 15.1. The lowest BCUT2D eigenvalue weighted by atomic mass is 10.2. The monoisotopic (exact) mass is 367 g/mol. The Bertz CT molecular complexity index is 807. The van der Waals surface area contributed by atoms with Crippen molar-refractivity contribution in [1.82, 2.24) is 4.98 Å². The van der Waals surface area contributed by atoms with Crippen LogP contribution < -0.4 is 0 Å². The molecule has 0 aliphatic carbocycles. The van der Waals surface area contributed by atoms with Crippen LogP contribution in [0.5, 0.6) is 0 Å². The number of carboxylic acids is 1. The molecule has 1 N–H and O–H groups in total. The van der Waals surface area contributed by atoms with Crippen molar-refractivity contribution in [3.05, 3.63) is 51.8 Å². The van der Waals surface area contributed by atoms with Crippen molar-refractivity contribution in [2.45, 2.75) is 0 Å². The van der Waals surface area contributed by atoms with Crippen LogP contribution in [-0.2, 0) is 0 Å². The fourth-order valence-electron chi connectivity index (χ4n) is 1.79. The number of hydrogen-bond acceptors (Lipinski definition) is 4. The highest BCUT2D eigenvalue weighted by atomic mass is 79.9. The lowest BCUT2D eigenvalue weighted by molar-refractivity contribution is 0.0696. The summed E-state index contributed by atoms with van der Waals surface area (Å²) in [6.45, 7) is 0. The third-order valence-corrected chi connectivity index (χ3v) is 4.30. The van der Waals surface area contributed by atoms with Gasteiger partial charge < -0.3 is 9.52 Å². The molecular weight excluding hydrogens is 361 g/mol. The van der Waals surface area contributed by atoms with E-state index in [2.05, 4.69) is 20.9 Å². The molecule has 0 bridgehead atoms. The van der Waals surface area contributed by atoms with Gasteiger partial charge >= 0.3 is 5.97 Å². The molecule has 0 unspecified atom stereocenters. The molecule has 21 heavy (non-hydrogen) atoms. The smallest absolute Gasteiger partial charge is 0.338 e. The van der Waals surface area contributed by atoms with Gasteiger partial charge in [-0.05, 0) is 28.1 Å². The third-order valence-electron chi connectivity index (χ3n) is 2.78. The number of rotatable bonds is 3. The molecule has 0 aliphatic rings. The van der Waals surface area contributed by atoms with Crippen LogP contribution in [0.25, 0.3) is 22.0 Å². The predicted molar refractivity (Wildman–Crippen MR) is 79.9 cm³/mol. The fourth-order valence-corrected chi connectivity index (χ4v) is 3.32. The minimum atomic E-state index is -1.07. The molecule has 4 nitrogen and oxygen atoms in total. The van der Waals surface area contributed by atoms with Gasteiger partial charge in [0.05, 0.1) is 11.1 Å². The SMILES string of the molecule is O=C(O)c1coc(-c2csc(-c3c(F)cccc3Br)n2)c1. The molecule has 0 saturated carbocycles. The van der Waals surface area contributed by atoms with E-state index in [4.69, 9.17) is 9.52 Å². The van der Waals surface area contributed by atoms with Gasteiger partial charge in [0.2, 0.25) is 0 Å². The maximum Gasteiger partial charge on any atom is 0.338 e. The molecule has 0 fully saturated rings. The van der Waals surface area contributed by atoms with Crippen LogP contribution in [0.3, 0.4) is 0 Å². The zero-order valence-corrected chi connectivity index (χ0v) is 12.7. The van der Waals surface area contributed by atoms with Crippen LogP contribution in [-0.4, -0.2) is 16.1 Å². The molecule has 0 saturated heterocycles. The molecule has 106 valence electrons. The zero-order valence-electron chi connectivity index (χ0n) is 10.3. The van der Waals surface area contributed by atoms with Crippen molar-refractivity contribution in [3.63, 3.8) is 0 Å². The number of thiazole rings is 1. The molecule has 0 atom stereocenters. The lowest BCUT2D eigenvalue weighted by Gasteiger charge is -2.01. The molecule has 1 aromatic carbocycles. The summed E-state index contributed by atoms with van der Waals surface area (Å²) in [5.41, 5.74) is 0.892. The summed E-state index contributed by atoms with van der Waals surface area (Å²) in [6.07, 6.45) is 1.15. The Balaban J connectivity index is 2.02. The van der Waals surface area contributed by atoms with Crippen LogP contribution in [0.15, 0.2) is 44.8 Å². The van der Waals surface area contributed by atoms with E-state index in [9.17, 15) is 9.18 Å². The highest BCUT2D eigenvalue weighted by Gasteiger charge is 2.16. The molecule has 0 spiro atoms. The maximum absolute atomic E-state index is 13.9. The van der Waals surface area contributed by atoms with Crippen molar-refractivity contribution < 1.29 is 18.7 Å².